The highest BCUT2D eigenvalue weighted by molar-refractivity contribution is 7.12. The second-order valence-electron chi connectivity index (χ2n) is 4.20. The van der Waals surface area contributed by atoms with E-state index in [2.05, 4.69) is 19.9 Å². The van der Waals surface area contributed by atoms with Crippen LogP contribution >= 0.6 is 11.3 Å². The Bertz CT molecular complexity index is 279. The number of hydrogen-bond donors (Lipinski definition) is 0. The van der Waals surface area contributed by atoms with Crippen LogP contribution in [0.5, 0.6) is 0 Å². The molecule has 13 heavy (non-hydrogen) atoms. The van der Waals surface area contributed by atoms with Crippen LogP contribution in [0.2, 0.25) is 0 Å². The van der Waals surface area contributed by atoms with Gasteiger partial charge in [-0.1, -0.05) is 19.3 Å². The van der Waals surface area contributed by atoms with Gasteiger partial charge in [-0.05, 0) is 44.2 Å². The summed E-state index contributed by atoms with van der Waals surface area (Å²) >= 11 is 1.96. The van der Waals surface area contributed by atoms with E-state index in [1.165, 1.54) is 37.0 Å². The first-order valence-electron chi connectivity index (χ1n) is 5.34. The second kappa shape index (κ2) is 3.83. The van der Waals surface area contributed by atoms with Crippen LogP contribution < -0.4 is 0 Å². The Labute approximate surface area is 85.0 Å². The van der Waals surface area contributed by atoms with Gasteiger partial charge in [-0.3, -0.25) is 0 Å². The monoisotopic (exact) mass is 194 g/mol. The van der Waals surface area contributed by atoms with Gasteiger partial charge < -0.3 is 0 Å². The summed E-state index contributed by atoms with van der Waals surface area (Å²) in [6.07, 6.45) is 7.20. The van der Waals surface area contributed by atoms with Crippen LogP contribution in [-0.4, -0.2) is 0 Å². The minimum absolute atomic E-state index is 0.888. The highest BCUT2D eigenvalue weighted by Gasteiger charge is 2.18. The number of rotatable bonds is 1. The molecule has 0 N–H and O–H groups in total. The van der Waals surface area contributed by atoms with Crippen LogP contribution in [0.15, 0.2) is 6.07 Å². The maximum absolute atomic E-state index is 2.41. The predicted molar refractivity (Wildman–Crippen MR) is 59.6 cm³/mol. The van der Waals surface area contributed by atoms with E-state index in [4.69, 9.17) is 0 Å². The lowest BCUT2D eigenvalue weighted by molar-refractivity contribution is 0.443. The molecule has 0 atom stereocenters. The summed E-state index contributed by atoms with van der Waals surface area (Å²) in [5.41, 5.74) is 1.65. The minimum Gasteiger partial charge on any atom is -0.146 e. The lowest BCUT2D eigenvalue weighted by Gasteiger charge is -2.21. The fourth-order valence-corrected chi connectivity index (χ4v) is 3.48. The molecule has 1 saturated carbocycles. The molecule has 0 bridgehead atoms. The van der Waals surface area contributed by atoms with Gasteiger partial charge in [0.1, 0.15) is 0 Å². The standard InChI is InChI=1S/C12H18S/c1-9-8-12(10(2)13-9)11-6-4-3-5-7-11/h8,11H,3-7H2,1-2H3. The molecule has 1 fully saturated rings. The third-order valence-electron chi connectivity index (χ3n) is 3.12. The Morgan fingerprint density at radius 1 is 1.15 bits per heavy atom. The lowest BCUT2D eigenvalue weighted by Crippen LogP contribution is -2.04. The first-order valence-corrected chi connectivity index (χ1v) is 6.16. The zero-order valence-electron chi connectivity index (χ0n) is 8.60. The second-order valence-corrected chi connectivity index (χ2v) is 5.66. The SMILES string of the molecule is Cc1cc(C2CCCCC2)c(C)s1. The molecule has 0 radical (unpaired) electrons. The van der Waals surface area contributed by atoms with E-state index in [1.54, 1.807) is 10.4 Å². The maximum Gasteiger partial charge on any atom is 0.00518 e. The molecule has 0 spiro atoms. The molecule has 0 amide bonds. The molecule has 0 saturated heterocycles. The molecule has 1 aliphatic rings. The fourth-order valence-electron chi connectivity index (χ4n) is 2.47. The molecule has 72 valence electrons. The summed E-state index contributed by atoms with van der Waals surface area (Å²) in [5.74, 6) is 0.888. The molecule has 1 heterocycles. The van der Waals surface area contributed by atoms with Crippen LogP contribution in [0.3, 0.4) is 0 Å². The molecule has 2 rings (SSSR count). The zero-order chi connectivity index (χ0) is 9.26. The van der Waals surface area contributed by atoms with E-state index in [0.29, 0.717) is 0 Å². The molecular formula is C12H18S. The van der Waals surface area contributed by atoms with E-state index in [9.17, 15) is 0 Å². The Balaban J connectivity index is 2.18. The van der Waals surface area contributed by atoms with Crippen LogP contribution in [-0.2, 0) is 0 Å². The van der Waals surface area contributed by atoms with Crippen molar-refractivity contribution < 1.29 is 0 Å². The van der Waals surface area contributed by atoms with Gasteiger partial charge >= 0.3 is 0 Å². The molecule has 0 unspecified atom stereocenters. The van der Waals surface area contributed by atoms with Crippen LogP contribution in [0.25, 0.3) is 0 Å². The van der Waals surface area contributed by atoms with Crippen LogP contribution in [0, 0.1) is 13.8 Å². The van der Waals surface area contributed by atoms with Gasteiger partial charge in [0, 0.05) is 9.75 Å². The molecule has 0 aliphatic heterocycles. The van der Waals surface area contributed by atoms with Crippen molar-refractivity contribution in [2.75, 3.05) is 0 Å². The van der Waals surface area contributed by atoms with Gasteiger partial charge in [0.2, 0.25) is 0 Å². The van der Waals surface area contributed by atoms with E-state index in [-0.39, 0.29) is 0 Å². The fraction of sp³-hybridized carbons (Fsp3) is 0.667. The highest BCUT2D eigenvalue weighted by atomic mass is 32.1. The van der Waals surface area contributed by atoms with Gasteiger partial charge in [-0.15, -0.1) is 11.3 Å². The molecule has 0 nitrogen and oxygen atoms in total. The first kappa shape index (κ1) is 9.26. The third kappa shape index (κ3) is 1.96. The van der Waals surface area contributed by atoms with E-state index >= 15 is 0 Å². The van der Waals surface area contributed by atoms with E-state index < -0.39 is 0 Å². The molecule has 1 aromatic rings. The van der Waals surface area contributed by atoms with Crippen LogP contribution in [0.4, 0.5) is 0 Å². The quantitative estimate of drug-likeness (QED) is 0.621. The Hall–Kier alpha value is -0.300. The van der Waals surface area contributed by atoms with Crippen molar-refractivity contribution in [3.63, 3.8) is 0 Å². The van der Waals surface area contributed by atoms with E-state index in [0.717, 1.165) is 5.92 Å². The summed E-state index contributed by atoms with van der Waals surface area (Å²) in [6.45, 7) is 4.51. The number of hydrogen-bond acceptors (Lipinski definition) is 1. The smallest absolute Gasteiger partial charge is 0.00518 e. The minimum atomic E-state index is 0.888. The van der Waals surface area contributed by atoms with E-state index in [1.807, 2.05) is 11.3 Å². The van der Waals surface area contributed by atoms with Crippen LogP contribution in [0.1, 0.15) is 53.3 Å². The van der Waals surface area contributed by atoms with Crippen molar-refractivity contribution in [2.24, 2.45) is 0 Å². The average Bonchev–Trinajstić information content (AvgIpc) is 2.47. The maximum atomic E-state index is 2.41. The van der Waals surface area contributed by atoms with Crippen molar-refractivity contribution >= 4 is 11.3 Å². The summed E-state index contributed by atoms with van der Waals surface area (Å²) in [5, 5.41) is 0. The van der Waals surface area contributed by atoms with Gasteiger partial charge in [-0.25, -0.2) is 0 Å². The molecule has 1 aromatic heterocycles. The lowest BCUT2D eigenvalue weighted by atomic mass is 9.84. The van der Waals surface area contributed by atoms with Gasteiger partial charge in [-0.2, -0.15) is 0 Å². The summed E-state index contributed by atoms with van der Waals surface area (Å²) in [6, 6.07) is 2.41. The van der Waals surface area contributed by atoms with Crippen molar-refractivity contribution in [1.29, 1.82) is 0 Å². The van der Waals surface area contributed by atoms with Gasteiger partial charge in [0.05, 0.1) is 0 Å². The van der Waals surface area contributed by atoms with Crippen molar-refractivity contribution in [3.05, 3.63) is 21.4 Å². The summed E-state index contributed by atoms with van der Waals surface area (Å²) in [7, 11) is 0. The largest absolute Gasteiger partial charge is 0.146 e. The average molecular weight is 194 g/mol. The van der Waals surface area contributed by atoms with Crippen molar-refractivity contribution in [1.82, 2.24) is 0 Å². The highest BCUT2D eigenvalue weighted by Crippen LogP contribution is 2.37. The third-order valence-corrected chi connectivity index (χ3v) is 4.11. The van der Waals surface area contributed by atoms with Gasteiger partial charge in [0.15, 0.2) is 0 Å². The zero-order valence-corrected chi connectivity index (χ0v) is 9.41. The summed E-state index contributed by atoms with van der Waals surface area (Å²) in [4.78, 5) is 3.04. The van der Waals surface area contributed by atoms with Crippen molar-refractivity contribution in [2.45, 2.75) is 51.9 Å². The molecule has 1 heteroatoms. The molecule has 0 aromatic carbocycles. The number of aryl methyl sites for hydroxylation is 2. The van der Waals surface area contributed by atoms with Crippen molar-refractivity contribution in [3.8, 4) is 0 Å². The first-order chi connectivity index (χ1) is 6.27. The summed E-state index contributed by atoms with van der Waals surface area (Å²) < 4.78 is 0. The Kier molecular flexibility index (Phi) is 2.73. The normalized spacial score (nSPS) is 19.2. The molecular weight excluding hydrogens is 176 g/mol. The topological polar surface area (TPSA) is 0 Å². The Morgan fingerprint density at radius 2 is 1.85 bits per heavy atom. The number of thiophene rings is 1. The predicted octanol–water partition coefficient (Wildman–Crippen LogP) is 4.41. The Morgan fingerprint density at radius 3 is 2.38 bits per heavy atom. The molecule has 1 aliphatic carbocycles. The van der Waals surface area contributed by atoms with Gasteiger partial charge in [0.25, 0.3) is 0 Å².